The average Bonchev–Trinajstić information content (AvgIpc) is 3.26. The molecular weight excluding hydrogens is 380 g/mol. The molecule has 0 fully saturated rings. The van der Waals surface area contributed by atoms with Crippen molar-refractivity contribution in [3.63, 3.8) is 0 Å². The first kappa shape index (κ1) is 19.9. The van der Waals surface area contributed by atoms with E-state index in [0.29, 0.717) is 11.9 Å². The molecule has 0 aliphatic heterocycles. The van der Waals surface area contributed by atoms with Gasteiger partial charge in [0.1, 0.15) is 0 Å². The Morgan fingerprint density at radius 3 is 2.77 bits per heavy atom. The van der Waals surface area contributed by atoms with Crippen molar-refractivity contribution in [3.05, 3.63) is 64.5 Å². The van der Waals surface area contributed by atoms with Crippen molar-refractivity contribution in [2.45, 2.75) is 52.1 Å². The van der Waals surface area contributed by atoms with Gasteiger partial charge < -0.3 is 10.1 Å². The Morgan fingerprint density at radius 1 is 1.23 bits per heavy atom. The van der Waals surface area contributed by atoms with Gasteiger partial charge in [0.2, 0.25) is 0 Å². The maximum atomic E-state index is 13.6. The monoisotopic (exact) mass is 406 g/mol. The van der Waals surface area contributed by atoms with Gasteiger partial charge in [0.15, 0.2) is 0 Å². The van der Waals surface area contributed by atoms with E-state index in [1.807, 2.05) is 32.2 Å². The molecule has 3 aromatic heterocycles. The number of rotatable bonds is 7. The third-order valence-electron chi connectivity index (χ3n) is 5.89. The molecule has 4 aromatic rings. The van der Waals surface area contributed by atoms with Gasteiger partial charge in [-0.2, -0.15) is 0 Å². The number of aliphatic carboxylic acids is 1. The SMILES string of the molecule is CCCC(CC(=O)O)n1c(=O)n(C(C)c2c[nH]c3cccc(C)c23)c2cnccc21. The topological polar surface area (TPSA) is 92.9 Å². The zero-order valence-corrected chi connectivity index (χ0v) is 17.4. The molecular formula is C23H26N4O3. The van der Waals surface area contributed by atoms with Crippen LogP contribution in [0.3, 0.4) is 0 Å². The Bertz CT molecular complexity index is 1280. The summed E-state index contributed by atoms with van der Waals surface area (Å²) in [6, 6.07) is 7.24. The fourth-order valence-corrected chi connectivity index (χ4v) is 4.54. The van der Waals surface area contributed by atoms with Gasteiger partial charge in [0.05, 0.1) is 29.7 Å². The molecule has 0 radical (unpaired) electrons. The van der Waals surface area contributed by atoms with Crippen molar-refractivity contribution in [2.75, 3.05) is 0 Å². The number of aryl methyl sites for hydroxylation is 1. The number of benzene rings is 1. The molecule has 2 unspecified atom stereocenters. The second-order valence-corrected chi connectivity index (χ2v) is 7.84. The Morgan fingerprint density at radius 2 is 2.03 bits per heavy atom. The molecule has 0 saturated carbocycles. The van der Waals surface area contributed by atoms with E-state index in [2.05, 4.69) is 23.0 Å². The molecule has 7 nitrogen and oxygen atoms in total. The zero-order chi connectivity index (χ0) is 21.4. The lowest BCUT2D eigenvalue weighted by Crippen LogP contribution is -2.30. The van der Waals surface area contributed by atoms with Gasteiger partial charge in [-0.25, -0.2) is 4.79 Å². The molecule has 0 bridgehead atoms. The minimum Gasteiger partial charge on any atom is -0.481 e. The fourth-order valence-electron chi connectivity index (χ4n) is 4.54. The number of imidazole rings is 1. The molecule has 0 saturated heterocycles. The minimum atomic E-state index is -0.907. The first-order chi connectivity index (χ1) is 14.4. The Balaban J connectivity index is 1.94. The predicted molar refractivity (Wildman–Crippen MR) is 117 cm³/mol. The van der Waals surface area contributed by atoms with Crippen molar-refractivity contribution in [1.29, 1.82) is 0 Å². The van der Waals surface area contributed by atoms with Crippen molar-refractivity contribution in [1.82, 2.24) is 19.1 Å². The molecule has 0 aliphatic carbocycles. The van der Waals surface area contributed by atoms with Crippen molar-refractivity contribution < 1.29 is 9.90 Å². The Kier molecular flexibility index (Phi) is 5.20. The highest BCUT2D eigenvalue weighted by Crippen LogP contribution is 2.31. The summed E-state index contributed by atoms with van der Waals surface area (Å²) in [5.74, 6) is -0.907. The van der Waals surface area contributed by atoms with E-state index < -0.39 is 12.0 Å². The van der Waals surface area contributed by atoms with Gasteiger partial charge in [-0.1, -0.05) is 25.5 Å². The lowest BCUT2D eigenvalue weighted by molar-refractivity contribution is -0.137. The number of nitrogens with one attached hydrogen (secondary N) is 1. The Hall–Kier alpha value is -3.35. The highest BCUT2D eigenvalue weighted by atomic mass is 16.4. The number of aromatic nitrogens is 4. The minimum absolute atomic E-state index is 0.0875. The molecule has 2 N–H and O–H groups in total. The number of pyridine rings is 1. The van der Waals surface area contributed by atoms with E-state index in [1.165, 1.54) is 0 Å². The van der Waals surface area contributed by atoms with Crippen LogP contribution in [0.15, 0.2) is 47.7 Å². The lowest BCUT2D eigenvalue weighted by atomic mass is 10.0. The quantitative estimate of drug-likeness (QED) is 0.475. The first-order valence-corrected chi connectivity index (χ1v) is 10.3. The van der Waals surface area contributed by atoms with Crippen LogP contribution in [-0.4, -0.2) is 30.2 Å². The summed E-state index contributed by atoms with van der Waals surface area (Å²) < 4.78 is 3.38. The summed E-state index contributed by atoms with van der Waals surface area (Å²) in [7, 11) is 0. The van der Waals surface area contributed by atoms with Crippen molar-refractivity contribution in [3.8, 4) is 0 Å². The third-order valence-corrected chi connectivity index (χ3v) is 5.89. The zero-order valence-electron chi connectivity index (χ0n) is 17.4. The molecule has 2 atom stereocenters. The fraction of sp³-hybridized carbons (Fsp3) is 0.348. The molecule has 0 amide bonds. The predicted octanol–water partition coefficient (Wildman–Crippen LogP) is 4.41. The van der Waals surface area contributed by atoms with Crippen LogP contribution in [0, 0.1) is 6.92 Å². The average molecular weight is 406 g/mol. The number of carboxylic acids is 1. The van der Waals surface area contributed by atoms with E-state index in [1.54, 1.807) is 27.6 Å². The number of carbonyl (C=O) groups is 1. The molecule has 156 valence electrons. The summed E-state index contributed by atoms with van der Waals surface area (Å²) in [4.78, 5) is 32.7. The molecule has 4 rings (SSSR count). The van der Waals surface area contributed by atoms with Gasteiger partial charge >= 0.3 is 11.7 Å². The Labute approximate surface area is 174 Å². The summed E-state index contributed by atoms with van der Waals surface area (Å²) in [6.45, 7) is 6.06. The van der Waals surface area contributed by atoms with Crippen LogP contribution in [0.4, 0.5) is 0 Å². The van der Waals surface area contributed by atoms with E-state index >= 15 is 0 Å². The number of aromatic amines is 1. The molecule has 3 heterocycles. The van der Waals surface area contributed by atoms with Crippen LogP contribution >= 0.6 is 0 Å². The van der Waals surface area contributed by atoms with Crippen molar-refractivity contribution in [2.24, 2.45) is 0 Å². The van der Waals surface area contributed by atoms with Gasteiger partial charge in [-0.15, -0.1) is 0 Å². The summed E-state index contributed by atoms with van der Waals surface area (Å²) >= 11 is 0. The second kappa shape index (κ2) is 7.82. The van der Waals surface area contributed by atoms with E-state index in [4.69, 9.17) is 0 Å². The maximum Gasteiger partial charge on any atom is 0.329 e. The number of H-pyrrole nitrogens is 1. The smallest absolute Gasteiger partial charge is 0.329 e. The van der Waals surface area contributed by atoms with Crippen LogP contribution in [0.1, 0.15) is 56.3 Å². The van der Waals surface area contributed by atoms with Gasteiger partial charge in [0, 0.05) is 34.9 Å². The second-order valence-electron chi connectivity index (χ2n) is 7.84. The molecule has 7 heteroatoms. The van der Waals surface area contributed by atoms with E-state index in [0.717, 1.165) is 34.0 Å². The van der Waals surface area contributed by atoms with Gasteiger partial charge in [-0.3, -0.25) is 18.9 Å². The molecule has 0 spiro atoms. The summed E-state index contributed by atoms with van der Waals surface area (Å²) in [6.07, 6.45) is 6.61. The first-order valence-electron chi connectivity index (χ1n) is 10.3. The molecule has 30 heavy (non-hydrogen) atoms. The standard InChI is InChI=1S/C23H26N4O3/c1-4-6-16(11-21(28)29)27-19-9-10-24-13-20(19)26(23(27)30)15(3)17-12-25-18-8-5-7-14(2)22(17)18/h5,7-10,12-13,15-16,25H,4,6,11H2,1-3H3,(H,28,29). The van der Waals surface area contributed by atoms with Crippen LogP contribution in [-0.2, 0) is 4.79 Å². The number of hydrogen-bond acceptors (Lipinski definition) is 3. The number of carboxylic acid groups (broad SMARTS) is 1. The number of fused-ring (bicyclic) bond motifs is 2. The van der Waals surface area contributed by atoms with Crippen LogP contribution in [0.2, 0.25) is 0 Å². The van der Waals surface area contributed by atoms with E-state index in [-0.39, 0.29) is 18.2 Å². The van der Waals surface area contributed by atoms with Gasteiger partial charge in [0.25, 0.3) is 0 Å². The van der Waals surface area contributed by atoms with Gasteiger partial charge in [-0.05, 0) is 38.0 Å². The third kappa shape index (κ3) is 3.20. The lowest BCUT2D eigenvalue weighted by Gasteiger charge is -2.16. The van der Waals surface area contributed by atoms with E-state index in [9.17, 15) is 14.7 Å². The number of hydrogen-bond donors (Lipinski definition) is 2. The summed E-state index contributed by atoms with van der Waals surface area (Å²) in [5.41, 5.74) is 4.43. The molecule has 1 aromatic carbocycles. The largest absolute Gasteiger partial charge is 0.481 e. The van der Waals surface area contributed by atoms with Crippen molar-refractivity contribution >= 4 is 27.9 Å². The highest BCUT2D eigenvalue weighted by Gasteiger charge is 2.26. The highest BCUT2D eigenvalue weighted by molar-refractivity contribution is 5.87. The maximum absolute atomic E-state index is 13.6. The molecule has 0 aliphatic rings. The number of nitrogens with zero attached hydrogens (tertiary/aromatic N) is 3. The van der Waals surface area contributed by atoms with Crippen LogP contribution < -0.4 is 5.69 Å². The normalized spacial score (nSPS) is 13.7. The van der Waals surface area contributed by atoms with Crippen LogP contribution in [0.5, 0.6) is 0 Å². The van der Waals surface area contributed by atoms with Crippen LogP contribution in [0.25, 0.3) is 21.9 Å². The summed E-state index contributed by atoms with van der Waals surface area (Å²) in [5, 5.41) is 10.5.